The van der Waals surface area contributed by atoms with Gasteiger partial charge in [0.15, 0.2) is 5.78 Å². The van der Waals surface area contributed by atoms with Gasteiger partial charge in [-0.2, -0.15) is 0 Å². The van der Waals surface area contributed by atoms with Gasteiger partial charge in [-0.05, 0) is 68.5 Å². The number of aliphatic carboxylic acids is 1. The van der Waals surface area contributed by atoms with Crippen molar-refractivity contribution in [1.29, 1.82) is 0 Å². The van der Waals surface area contributed by atoms with Crippen LogP contribution in [0.1, 0.15) is 42.1 Å². The molecule has 0 aromatic heterocycles. The predicted octanol–water partition coefficient (Wildman–Crippen LogP) is 3.61. The molecule has 0 aliphatic rings. The highest BCUT2D eigenvalue weighted by Crippen LogP contribution is 2.19. The first-order valence-electron chi connectivity index (χ1n) is 10.4. The molecule has 8 heteroatoms. The van der Waals surface area contributed by atoms with E-state index >= 15 is 0 Å². The first-order valence-corrected chi connectivity index (χ1v) is 10.4. The van der Waals surface area contributed by atoms with Crippen molar-refractivity contribution in [2.24, 2.45) is 0 Å². The lowest BCUT2D eigenvalue weighted by Crippen LogP contribution is -2.31. The van der Waals surface area contributed by atoms with E-state index in [0.29, 0.717) is 31.8 Å². The van der Waals surface area contributed by atoms with Crippen molar-refractivity contribution >= 4 is 17.7 Å². The monoisotopic (exact) mass is 444 g/mol. The second-order valence-electron chi connectivity index (χ2n) is 7.19. The Balaban J connectivity index is 1.80. The Morgan fingerprint density at radius 3 is 2.09 bits per heavy atom. The minimum Gasteiger partial charge on any atom is -0.494 e. The number of carboxylic acid groups (broad SMARTS) is 2. The van der Waals surface area contributed by atoms with Crippen LogP contribution in [-0.2, 0) is 20.7 Å². The summed E-state index contributed by atoms with van der Waals surface area (Å²) in [6, 6.07) is 14.3. The Labute approximate surface area is 186 Å². The van der Waals surface area contributed by atoms with E-state index in [9.17, 15) is 19.5 Å². The summed E-state index contributed by atoms with van der Waals surface area (Å²) in [6.45, 7) is 2.20. The van der Waals surface area contributed by atoms with E-state index in [2.05, 4.69) is 0 Å². The van der Waals surface area contributed by atoms with Crippen LogP contribution in [0.4, 0.5) is 0 Å². The first kappa shape index (κ1) is 24.9. The molecule has 0 saturated carbocycles. The van der Waals surface area contributed by atoms with Crippen molar-refractivity contribution in [3.05, 3.63) is 59.7 Å². The highest BCUT2D eigenvalue weighted by molar-refractivity contribution is 5.99. The zero-order valence-corrected chi connectivity index (χ0v) is 18.0. The van der Waals surface area contributed by atoms with Gasteiger partial charge in [0.25, 0.3) is 0 Å². The van der Waals surface area contributed by atoms with Gasteiger partial charge in [-0.15, -0.1) is 0 Å². The number of ether oxygens (including phenoxy) is 3. The van der Waals surface area contributed by atoms with Crippen LogP contribution < -0.4 is 9.47 Å². The van der Waals surface area contributed by atoms with Gasteiger partial charge in [0.05, 0.1) is 18.8 Å². The number of Topliss-reactive ketones (excluding diaryl/α,β-unsaturated/α-hetero) is 1. The molecular formula is C24H28O8. The molecule has 0 saturated heterocycles. The van der Waals surface area contributed by atoms with E-state index in [0.717, 1.165) is 31.1 Å². The third-order valence-corrected chi connectivity index (χ3v) is 4.52. The summed E-state index contributed by atoms with van der Waals surface area (Å²) in [4.78, 5) is 33.7. The second-order valence-corrected chi connectivity index (χ2v) is 7.19. The van der Waals surface area contributed by atoms with Gasteiger partial charge < -0.3 is 24.4 Å². The highest BCUT2D eigenvalue weighted by atomic mass is 16.5. The van der Waals surface area contributed by atoms with Gasteiger partial charge in [0.1, 0.15) is 11.5 Å². The molecule has 0 fully saturated rings. The molecule has 0 radical (unpaired) electrons. The first-order chi connectivity index (χ1) is 15.4. The molecule has 0 aliphatic heterocycles. The molecule has 0 aliphatic carbocycles. The number of para-hydroxylation sites is 1. The minimum absolute atomic E-state index is 0.0610. The molecule has 8 nitrogen and oxygen atoms in total. The third kappa shape index (κ3) is 8.77. The number of ketones is 1. The maximum absolute atomic E-state index is 11.4. The van der Waals surface area contributed by atoms with Crippen molar-refractivity contribution in [1.82, 2.24) is 0 Å². The maximum Gasteiger partial charge on any atom is 0.340 e. The van der Waals surface area contributed by atoms with Crippen LogP contribution in [0.3, 0.4) is 0 Å². The predicted molar refractivity (Wildman–Crippen MR) is 116 cm³/mol. The smallest absolute Gasteiger partial charge is 0.340 e. The molecule has 0 amide bonds. The Hall–Kier alpha value is -3.39. The van der Waals surface area contributed by atoms with Gasteiger partial charge in [0.2, 0.25) is 6.10 Å². The number of carbonyl (C=O) groups excluding carboxylic acids is 1. The number of aromatic carboxylic acids is 1. The number of rotatable bonds is 15. The highest BCUT2D eigenvalue weighted by Gasteiger charge is 2.22. The van der Waals surface area contributed by atoms with Crippen LogP contribution >= 0.6 is 0 Å². The molecule has 0 spiro atoms. The van der Waals surface area contributed by atoms with Crippen molar-refractivity contribution in [3.8, 4) is 11.5 Å². The van der Waals surface area contributed by atoms with Crippen LogP contribution in [0.25, 0.3) is 0 Å². The van der Waals surface area contributed by atoms with Crippen LogP contribution in [0, 0.1) is 0 Å². The lowest BCUT2D eigenvalue weighted by atomic mass is 10.1. The number of hydrogen-bond acceptors (Lipinski definition) is 6. The molecule has 172 valence electrons. The average molecular weight is 444 g/mol. The quantitative estimate of drug-likeness (QED) is 0.316. The summed E-state index contributed by atoms with van der Waals surface area (Å²) in [5.41, 5.74) is 0.837. The van der Waals surface area contributed by atoms with E-state index < -0.39 is 23.8 Å². The summed E-state index contributed by atoms with van der Waals surface area (Å²) >= 11 is 0. The Bertz CT molecular complexity index is 880. The fraction of sp³-hybridized carbons (Fsp3) is 0.375. The molecule has 1 atom stereocenters. The van der Waals surface area contributed by atoms with Gasteiger partial charge >= 0.3 is 11.9 Å². The fourth-order valence-electron chi connectivity index (χ4n) is 2.95. The third-order valence-electron chi connectivity index (χ3n) is 4.52. The Kier molecular flexibility index (Phi) is 10.2. The largest absolute Gasteiger partial charge is 0.494 e. The topological polar surface area (TPSA) is 119 Å². The van der Waals surface area contributed by atoms with E-state index in [-0.39, 0.29) is 12.2 Å². The van der Waals surface area contributed by atoms with Crippen LogP contribution in [-0.4, -0.2) is 53.9 Å². The number of hydrogen-bond donors (Lipinski definition) is 2. The average Bonchev–Trinajstić information content (AvgIpc) is 2.76. The molecule has 0 bridgehead atoms. The number of carbonyl (C=O) groups is 3. The van der Waals surface area contributed by atoms with Crippen molar-refractivity contribution in [2.45, 2.75) is 38.7 Å². The molecule has 2 aromatic carbocycles. The van der Waals surface area contributed by atoms with Crippen molar-refractivity contribution < 1.29 is 38.8 Å². The SMILES string of the molecule is CC(=O)C(OCCCc1cc(OCCCCOc2ccccc2)cc(C(=O)O)c1)C(=O)O. The fourth-order valence-corrected chi connectivity index (χ4v) is 2.95. The second kappa shape index (κ2) is 13.1. The maximum atomic E-state index is 11.4. The molecular weight excluding hydrogens is 416 g/mol. The molecule has 32 heavy (non-hydrogen) atoms. The molecule has 1 unspecified atom stereocenters. The normalized spacial score (nSPS) is 11.5. The zero-order chi connectivity index (χ0) is 23.3. The molecule has 2 aromatic rings. The van der Waals surface area contributed by atoms with Crippen LogP contribution in [0.15, 0.2) is 48.5 Å². The number of benzene rings is 2. The molecule has 0 heterocycles. The van der Waals surface area contributed by atoms with Crippen LogP contribution in [0.2, 0.25) is 0 Å². The van der Waals surface area contributed by atoms with Crippen LogP contribution in [0.5, 0.6) is 11.5 Å². The number of aryl methyl sites for hydroxylation is 1. The molecule has 2 rings (SSSR count). The van der Waals surface area contributed by atoms with E-state index in [1.54, 1.807) is 12.1 Å². The number of carboxylic acids is 2. The summed E-state index contributed by atoms with van der Waals surface area (Å²) < 4.78 is 16.5. The Morgan fingerprint density at radius 1 is 0.844 bits per heavy atom. The molecule has 2 N–H and O–H groups in total. The number of unbranched alkanes of at least 4 members (excludes halogenated alkanes) is 1. The van der Waals surface area contributed by atoms with Gasteiger partial charge in [-0.25, -0.2) is 9.59 Å². The summed E-state index contributed by atoms with van der Waals surface area (Å²) in [5.74, 6) is -1.69. The van der Waals surface area contributed by atoms with E-state index in [1.807, 2.05) is 30.3 Å². The zero-order valence-electron chi connectivity index (χ0n) is 18.0. The minimum atomic E-state index is -1.48. The summed E-state index contributed by atoms with van der Waals surface area (Å²) in [7, 11) is 0. The lowest BCUT2D eigenvalue weighted by molar-refractivity contribution is -0.155. The van der Waals surface area contributed by atoms with Crippen molar-refractivity contribution in [3.63, 3.8) is 0 Å². The summed E-state index contributed by atoms with van der Waals surface area (Å²) in [6.07, 6.45) is 0.932. The van der Waals surface area contributed by atoms with Gasteiger partial charge in [-0.3, -0.25) is 4.79 Å². The lowest BCUT2D eigenvalue weighted by Gasteiger charge is -2.12. The van der Waals surface area contributed by atoms with Gasteiger partial charge in [0, 0.05) is 6.61 Å². The summed E-state index contributed by atoms with van der Waals surface area (Å²) in [5, 5.41) is 18.3. The standard InChI is InChI=1S/C24H28O8/c1-17(25)22(24(28)29)32-13-7-8-18-14-19(23(26)27)16-21(15-18)31-12-6-5-11-30-20-9-3-2-4-10-20/h2-4,9-10,14-16,22H,5-8,11-13H2,1H3,(H,26,27)(H,28,29). The van der Waals surface area contributed by atoms with Crippen molar-refractivity contribution in [2.75, 3.05) is 19.8 Å². The van der Waals surface area contributed by atoms with E-state index in [1.165, 1.54) is 6.07 Å². The Morgan fingerprint density at radius 2 is 1.50 bits per heavy atom. The van der Waals surface area contributed by atoms with Gasteiger partial charge in [-0.1, -0.05) is 18.2 Å². The van der Waals surface area contributed by atoms with E-state index in [4.69, 9.17) is 19.3 Å².